The molecule has 1 aromatic carbocycles. The van der Waals surface area contributed by atoms with Crippen LogP contribution in [0.3, 0.4) is 0 Å². The van der Waals surface area contributed by atoms with Gasteiger partial charge in [-0.2, -0.15) is 0 Å². The van der Waals surface area contributed by atoms with Gasteiger partial charge in [0.15, 0.2) is 11.3 Å². The molecule has 0 spiro atoms. The maximum Gasteiger partial charge on any atom is 0.229 e. The Bertz CT molecular complexity index is 522. The largest absolute Gasteiger partial charge is 0.376 e. The number of hydrogen-bond acceptors (Lipinski definition) is 2. The zero-order valence-electron chi connectivity index (χ0n) is 9.62. The van der Waals surface area contributed by atoms with Crippen LogP contribution in [0.5, 0.6) is 0 Å². The van der Waals surface area contributed by atoms with Crippen molar-refractivity contribution in [2.75, 3.05) is 4.90 Å². The first-order chi connectivity index (χ1) is 9.18. The number of hydrogen-bond donors (Lipinski definition) is 2. The lowest BCUT2D eigenvalue weighted by Crippen LogP contribution is -2.57. The Hall–Kier alpha value is -0.170. The average molecular weight is 396 g/mol. The molecule has 10 heteroatoms. The number of amides is 1. The Morgan fingerprint density at radius 2 is 2.00 bits per heavy atom. The van der Waals surface area contributed by atoms with Crippen molar-refractivity contribution >= 4 is 87.4 Å². The molecular weight excluding hydrogens is 387 g/mol. The van der Waals surface area contributed by atoms with Crippen LogP contribution in [-0.4, -0.2) is 21.5 Å². The van der Waals surface area contributed by atoms with E-state index in [9.17, 15) is 4.79 Å². The van der Waals surface area contributed by atoms with Crippen LogP contribution in [0.25, 0.3) is 0 Å². The fraction of sp³-hybridized carbons (Fsp3) is 0.200. The predicted octanol–water partition coefficient (Wildman–Crippen LogP) is 3.49. The number of halogens is 5. The van der Waals surface area contributed by atoms with Gasteiger partial charge in [0.1, 0.15) is 0 Å². The first-order valence-corrected chi connectivity index (χ1v) is 7.28. The second-order valence-electron chi connectivity index (χ2n) is 3.53. The molecule has 0 aliphatic heterocycles. The Morgan fingerprint density at radius 1 is 1.40 bits per heavy atom. The van der Waals surface area contributed by atoms with Crippen molar-refractivity contribution in [1.29, 1.82) is 0 Å². The normalized spacial score (nSPS) is 12.7. The summed E-state index contributed by atoms with van der Waals surface area (Å²) in [6.07, 6.45) is -0.775. The molecule has 0 radical (unpaired) electrons. The van der Waals surface area contributed by atoms with Crippen LogP contribution in [0, 0.1) is 0 Å². The van der Waals surface area contributed by atoms with Crippen molar-refractivity contribution in [2.45, 2.75) is 9.96 Å². The number of rotatable bonds is 4. The zero-order valence-corrected chi connectivity index (χ0v) is 14.2. The van der Waals surface area contributed by atoms with E-state index in [1.54, 1.807) is 12.1 Å². The highest BCUT2D eigenvalue weighted by Gasteiger charge is 2.39. The molecule has 0 aliphatic rings. The lowest BCUT2D eigenvalue weighted by molar-refractivity contribution is -0.110. The van der Waals surface area contributed by atoms with E-state index in [1.165, 1.54) is 11.0 Å². The van der Waals surface area contributed by atoms with Crippen LogP contribution < -0.4 is 16.0 Å². The van der Waals surface area contributed by atoms with Gasteiger partial charge in [0.2, 0.25) is 10.2 Å². The van der Waals surface area contributed by atoms with Crippen molar-refractivity contribution in [1.82, 2.24) is 5.32 Å². The molecule has 0 aromatic heterocycles. The summed E-state index contributed by atoms with van der Waals surface area (Å²) in [5, 5.41) is 2.84. The second-order valence-corrected chi connectivity index (χ2v) is 7.16. The summed E-state index contributed by atoms with van der Waals surface area (Å²) >= 11 is 34.3. The van der Waals surface area contributed by atoms with Gasteiger partial charge in [0.25, 0.3) is 0 Å². The number of nitrogens with one attached hydrogen (secondary N) is 1. The van der Waals surface area contributed by atoms with E-state index >= 15 is 0 Å². The molecule has 0 saturated carbocycles. The summed E-state index contributed by atoms with van der Waals surface area (Å²) in [7, 11) is 0. The van der Waals surface area contributed by atoms with Gasteiger partial charge in [-0.1, -0.05) is 58.0 Å². The molecular formula is C10H8Cl5N3OS. The number of nitrogens with zero attached hydrogens (tertiary/aromatic N) is 1. The van der Waals surface area contributed by atoms with Crippen LogP contribution >= 0.6 is 70.2 Å². The van der Waals surface area contributed by atoms with E-state index in [1.807, 2.05) is 0 Å². The first kappa shape index (κ1) is 17.9. The van der Waals surface area contributed by atoms with Crippen molar-refractivity contribution in [3.05, 3.63) is 28.2 Å². The third-order valence-corrected chi connectivity index (χ3v) is 3.56. The molecule has 0 fully saturated rings. The molecule has 3 N–H and O–H groups in total. The molecule has 1 amide bonds. The first-order valence-electron chi connectivity index (χ1n) is 4.98. The number of alkyl halides is 3. The monoisotopic (exact) mass is 393 g/mol. The van der Waals surface area contributed by atoms with E-state index < -0.39 is 9.96 Å². The van der Waals surface area contributed by atoms with E-state index in [2.05, 4.69) is 5.32 Å². The molecule has 4 nitrogen and oxygen atoms in total. The SMILES string of the molecule is NC(=S)N(c1ccc(Cl)cc1Cl)C(NC=O)C(Cl)(Cl)Cl. The van der Waals surface area contributed by atoms with E-state index in [0.29, 0.717) is 17.1 Å². The van der Waals surface area contributed by atoms with Gasteiger partial charge >= 0.3 is 0 Å². The standard InChI is InChI=1S/C10H8Cl5N3OS/c11-5-1-2-7(6(12)3-5)18(9(16)20)8(17-4-19)10(13,14)15/h1-4,8H,(H2,16,20)(H,17,19). The smallest absolute Gasteiger partial charge is 0.229 e. The molecule has 1 unspecified atom stereocenters. The number of anilines is 1. The number of carbonyl (C=O) groups excluding carboxylic acids is 1. The van der Waals surface area contributed by atoms with Gasteiger partial charge in [-0.3, -0.25) is 9.69 Å². The minimum atomic E-state index is -1.90. The molecule has 0 aliphatic carbocycles. The van der Waals surface area contributed by atoms with Crippen molar-refractivity contribution < 1.29 is 4.79 Å². The van der Waals surface area contributed by atoms with Crippen molar-refractivity contribution in [3.8, 4) is 0 Å². The van der Waals surface area contributed by atoms with Gasteiger partial charge in [-0.25, -0.2) is 0 Å². The lowest BCUT2D eigenvalue weighted by atomic mass is 10.2. The molecule has 20 heavy (non-hydrogen) atoms. The zero-order chi connectivity index (χ0) is 15.5. The van der Waals surface area contributed by atoms with Crippen LogP contribution in [0.2, 0.25) is 10.0 Å². The quantitative estimate of drug-likeness (QED) is 0.355. The van der Waals surface area contributed by atoms with Crippen molar-refractivity contribution in [3.63, 3.8) is 0 Å². The third-order valence-electron chi connectivity index (χ3n) is 2.20. The summed E-state index contributed by atoms with van der Waals surface area (Å²) in [4.78, 5) is 11.9. The number of benzene rings is 1. The average Bonchev–Trinajstić information content (AvgIpc) is 2.29. The maximum absolute atomic E-state index is 10.7. The molecule has 0 heterocycles. The van der Waals surface area contributed by atoms with Crippen LogP contribution in [0.4, 0.5) is 5.69 Å². The highest BCUT2D eigenvalue weighted by Crippen LogP contribution is 2.37. The molecule has 1 atom stereocenters. The molecule has 1 rings (SSSR count). The lowest BCUT2D eigenvalue weighted by Gasteiger charge is -2.36. The highest BCUT2D eigenvalue weighted by molar-refractivity contribution is 7.80. The van der Waals surface area contributed by atoms with Crippen LogP contribution in [0.15, 0.2) is 18.2 Å². The number of nitrogens with two attached hydrogens (primary N) is 1. The van der Waals surface area contributed by atoms with Gasteiger partial charge in [0.05, 0.1) is 10.7 Å². The van der Waals surface area contributed by atoms with Gasteiger partial charge in [-0.05, 0) is 30.4 Å². The molecule has 0 bridgehead atoms. The Balaban J connectivity index is 3.35. The van der Waals surface area contributed by atoms with Gasteiger partial charge in [-0.15, -0.1) is 0 Å². The summed E-state index contributed by atoms with van der Waals surface area (Å²) in [6, 6.07) is 4.57. The minimum absolute atomic E-state index is 0.139. The summed E-state index contributed by atoms with van der Waals surface area (Å²) < 4.78 is -1.90. The topological polar surface area (TPSA) is 58.4 Å². The Morgan fingerprint density at radius 3 is 2.40 bits per heavy atom. The summed E-state index contributed by atoms with van der Waals surface area (Å²) in [5.74, 6) is 0. The highest BCUT2D eigenvalue weighted by atomic mass is 35.6. The minimum Gasteiger partial charge on any atom is -0.376 e. The van der Waals surface area contributed by atoms with E-state index in [0.717, 1.165) is 0 Å². The Kier molecular flexibility index (Phi) is 6.44. The maximum atomic E-state index is 10.7. The molecule has 110 valence electrons. The fourth-order valence-corrected chi connectivity index (χ4v) is 2.63. The van der Waals surface area contributed by atoms with Gasteiger partial charge < -0.3 is 11.1 Å². The van der Waals surface area contributed by atoms with Crippen LogP contribution in [0.1, 0.15) is 0 Å². The molecule has 0 saturated heterocycles. The molecule has 1 aromatic rings. The predicted molar refractivity (Wildman–Crippen MR) is 89.0 cm³/mol. The summed E-state index contributed by atoms with van der Waals surface area (Å²) in [6.45, 7) is 0. The van der Waals surface area contributed by atoms with Crippen molar-refractivity contribution in [2.24, 2.45) is 5.73 Å². The Labute approximate surface area is 146 Å². The summed E-state index contributed by atoms with van der Waals surface area (Å²) in [5.41, 5.74) is 5.98. The fourth-order valence-electron chi connectivity index (χ4n) is 1.44. The third kappa shape index (κ3) is 4.41. The van der Waals surface area contributed by atoms with E-state index in [4.69, 9.17) is 76.0 Å². The van der Waals surface area contributed by atoms with E-state index in [-0.39, 0.29) is 10.1 Å². The second kappa shape index (κ2) is 7.20. The van der Waals surface area contributed by atoms with Crippen LogP contribution in [-0.2, 0) is 4.79 Å². The number of thiocarbonyl (C=S) groups is 1. The number of carbonyl (C=O) groups is 1. The van der Waals surface area contributed by atoms with Gasteiger partial charge in [0, 0.05) is 5.02 Å².